The molecule has 0 bridgehead atoms. The zero-order chi connectivity index (χ0) is 15.9. The molecule has 0 N–H and O–H groups in total. The van der Waals surface area contributed by atoms with E-state index in [4.69, 9.17) is 4.74 Å². The molecule has 0 saturated carbocycles. The quantitative estimate of drug-likeness (QED) is 0.691. The van der Waals surface area contributed by atoms with Crippen molar-refractivity contribution in [1.82, 2.24) is 9.38 Å². The Morgan fingerprint density at radius 3 is 2.77 bits per heavy atom. The smallest absolute Gasteiger partial charge is 0.339 e. The maximum absolute atomic E-state index is 12.1. The first-order valence-electron chi connectivity index (χ1n) is 6.66. The van der Waals surface area contributed by atoms with E-state index in [1.165, 1.54) is 17.4 Å². The number of hydrogen-bond donors (Lipinski definition) is 0. The topological polar surface area (TPSA) is 60.7 Å². The molecule has 3 aromatic rings. The number of thiophene rings is 1. The lowest BCUT2D eigenvalue weighted by Gasteiger charge is -2.04. The highest BCUT2D eigenvalue weighted by Crippen LogP contribution is 2.21. The van der Waals surface area contributed by atoms with E-state index < -0.39 is 0 Å². The first-order chi connectivity index (χ1) is 10.5. The van der Waals surface area contributed by atoms with E-state index >= 15 is 0 Å². The van der Waals surface area contributed by atoms with Gasteiger partial charge in [-0.15, -0.1) is 22.7 Å². The van der Waals surface area contributed by atoms with Crippen molar-refractivity contribution in [1.29, 1.82) is 0 Å². The predicted octanol–water partition coefficient (Wildman–Crippen LogP) is 3.10. The van der Waals surface area contributed by atoms with Gasteiger partial charge in [-0.05, 0) is 26.8 Å². The van der Waals surface area contributed by atoms with Gasteiger partial charge in [0.2, 0.25) is 0 Å². The predicted molar refractivity (Wildman–Crippen MR) is 87.0 cm³/mol. The molecule has 0 saturated heterocycles. The minimum atomic E-state index is -0.383. The van der Waals surface area contributed by atoms with Crippen molar-refractivity contribution in [2.75, 3.05) is 0 Å². The van der Waals surface area contributed by atoms with Gasteiger partial charge in [0.1, 0.15) is 6.61 Å². The third-order valence-electron chi connectivity index (χ3n) is 3.24. The highest BCUT2D eigenvalue weighted by molar-refractivity contribution is 7.15. The molecule has 5 nitrogen and oxygen atoms in total. The summed E-state index contributed by atoms with van der Waals surface area (Å²) >= 11 is 2.95. The first kappa shape index (κ1) is 14.9. The fraction of sp³-hybridized carbons (Fsp3) is 0.267. The summed E-state index contributed by atoms with van der Waals surface area (Å²) in [5.41, 5.74) is 1.74. The van der Waals surface area contributed by atoms with Crippen LogP contribution in [0.3, 0.4) is 0 Å². The lowest BCUT2D eigenvalue weighted by Crippen LogP contribution is -2.16. The van der Waals surface area contributed by atoms with Gasteiger partial charge >= 0.3 is 5.97 Å². The number of esters is 1. The average Bonchev–Trinajstić information content (AvgIpc) is 2.99. The van der Waals surface area contributed by atoms with E-state index in [1.807, 2.05) is 32.2 Å². The van der Waals surface area contributed by atoms with Crippen LogP contribution < -0.4 is 5.56 Å². The van der Waals surface area contributed by atoms with Gasteiger partial charge in [0.05, 0.1) is 11.3 Å². The second kappa shape index (κ2) is 5.66. The van der Waals surface area contributed by atoms with Crippen LogP contribution in [0.15, 0.2) is 22.3 Å². The zero-order valence-corrected chi connectivity index (χ0v) is 14.0. The van der Waals surface area contributed by atoms with E-state index in [0.29, 0.717) is 16.2 Å². The van der Waals surface area contributed by atoms with Gasteiger partial charge in [0.25, 0.3) is 5.56 Å². The van der Waals surface area contributed by atoms with Crippen LogP contribution >= 0.6 is 22.7 Å². The van der Waals surface area contributed by atoms with Crippen molar-refractivity contribution in [3.63, 3.8) is 0 Å². The highest BCUT2D eigenvalue weighted by atomic mass is 32.1. The molecule has 22 heavy (non-hydrogen) atoms. The van der Waals surface area contributed by atoms with E-state index in [9.17, 15) is 9.59 Å². The Kier molecular flexibility index (Phi) is 3.84. The van der Waals surface area contributed by atoms with E-state index in [0.717, 1.165) is 15.4 Å². The lowest BCUT2D eigenvalue weighted by molar-refractivity contribution is 0.0467. The molecule has 3 heterocycles. The molecular weight excluding hydrogens is 320 g/mol. The summed E-state index contributed by atoms with van der Waals surface area (Å²) in [6, 6.07) is 3.22. The summed E-state index contributed by atoms with van der Waals surface area (Å²) in [5.74, 6) is -0.383. The van der Waals surface area contributed by atoms with Crippen LogP contribution in [0.1, 0.15) is 31.5 Å². The van der Waals surface area contributed by atoms with Crippen LogP contribution in [0.2, 0.25) is 0 Å². The Hall–Kier alpha value is -1.99. The van der Waals surface area contributed by atoms with Crippen molar-refractivity contribution >= 4 is 33.6 Å². The van der Waals surface area contributed by atoms with Gasteiger partial charge < -0.3 is 4.74 Å². The average molecular weight is 334 g/mol. The van der Waals surface area contributed by atoms with Gasteiger partial charge in [0.15, 0.2) is 4.96 Å². The van der Waals surface area contributed by atoms with Gasteiger partial charge in [-0.3, -0.25) is 9.20 Å². The SMILES string of the molecule is Cc1cc(C(=O)OCc2cc(=O)n3c(C)csc3n2)c(C)s1. The molecule has 0 aliphatic heterocycles. The number of nitrogens with zero attached hydrogens (tertiary/aromatic N) is 2. The monoisotopic (exact) mass is 334 g/mol. The fourth-order valence-corrected chi connectivity index (χ4v) is 4.03. The molecule has 0 fully saturated rings. The summed E-state index contributed by atoms with van der Waals surface area (Å²) < 4.78 is 6.82. The summed E-state index contributed by atoms with van der Waals surface area (Å²) in [7, 11) is 0. The first-order valence-corrected chi connectivity index (χ1v) is 8.36. The molecule has 0 aliphatic rings. The number of aryl methyl sites for hydroxylation is 3. The molecule has 0 aliphatic carbocycles. The Labute approximate surface area is 134 Å². The van der Waals surface area contributed by atoms with Crippen molar-refractivity contribution < 1.29 is 9.53 Å². The van der Waals surface area contributed by atoms with Crippen LogP contribution in [0, 0.1) is 20.8 Å². The third kappa shape index (κ3) is 2.69. The highest BCUT2D eigenvalue weighted by Gasteiger charge is 2.14. The molecule has 3 rings (SSSR count). The van der Waals surface area contributed by atoms with E-state index in [-0.39, 0.29) is 18.1 Å². The molecule has 0 radical (unpaired) electrons. The van der Waals surface area contributed by atoms with Gasteiger partial charge in [0, 0.05) is 26.9 Å². The van der Waals surface area contributed by atoms with Crippen molar-refractivity contribution in [3.05, 3.63) is 54.6 Å². The molecule has 3 aromatic heterocycles. The molecular formula is C15H14N2O3S2. The number of carbonyl (C=O) groups is 1. The number of rotatable bonds is 3. The van der Waals surface area contributed by atoms with Crippen LogP contribution in [0.4, 0.5) is 0 Å². The number of ether oxygens (including phenoxy) is 1. The Morgan fingerprint density at radius 2 is 2.09 bits per heavy atom. The van der Waals surface area contributed by atoms with Crippen LogP contribution in [0.5, 0.6) is 0 Å². The maximum atomic E-state index is 12.1. The number of carbonyl (C=O) groups excluding carboxylic acids is 1. The molecule has 0 aromatic carbocycles. The Morgan fingerprint density at radius 1 is 1.32 bits per heavy atom. The fourth-order valence-electron chi connectivity index (χ4n) is 2.23. The molecule has 114 valence electrons. The minimum Gasteiger partial charge on any atom is -0.456 e. The lowest BCUT2D eigenvalue weighted by atomic mass is 10.2. The number of hydrogen-bond acceptors (Lipinski definition) is 6. The summed E-state index contributed by atoms with van der Waals surface area (Å²) in [4.78, 5) is 31.1. The number of thiazole rings is 1. The largest absolute Gasteiger partial charge is 0.456 e. The molecule has 0 spiro atoms. The Bertz CT molecular complexity index is 921. The summed E-state index contributed by atoms with van der Waals surface area (Å²) in [6.07, 6.45) is 0. The number of aromatic nitrogens is 2. The third-order valence-corrected chi connectivity index (χ3v) is 5.15. The normalized spacial score (nSPS) is 11.0. The number of fused-ring (bicyclic) bond motifs is 1. The molecule has 0 atom stereocenters. The second-order valence-corrected chi connectivity index (χ2v) is 7.28. The van der Waals surface area contributed by atoms with Crippen molar-refractivity contribution in [2.24, 2.45) is 0 Å². The standard InChI is InChI=1S/C15H14N2O3S2/c1-8-7-21-15-16-11(5-13(18)17(8)15)6-20-14(19)12-4-9(2)22-10(12)3/h4-5,7H,6H2,1-3H3. The van der Waals surface area contributed by atoms with Crippen LogP contribution in [0.25, 0.3) is 4.96 Å². The van der Waals surface area contributed by atoms with Gasteiger partial charge in [-0.1, -0.05) is 0 Å². The minimum absolute atomic E-state index is 0.00411. The van der Waals surface area contributed by atoms with Gasteiger partial charge in [-0.25, -0.2) is 9.78 Å². The Balaban J connectivity index is 1.81. The van der Waals surface area contributed by atoms with Crippen molar-refractivity contribution in [2.45, 2.75) is 27.4 Å². The van der Waals surface area contributed by atoms with Crippen LogP contribution in [-0.4, -0.2) is 15.4 Å². The summed E-state index contributed by atoms with van der Waals surface area (Å²) in [6.45, 7) is 5.69. The van der Waals surface area contributed by atoms with E-state index in [2.05, 4.69) is 4.98 Å². The summed E-state index contributed by atoms with van der Waals surface area (Å²) in [5, 5.41) is 1.87. The van der Waals surface area contributed by atoms with Gasteiger partial charge in [-0.2, -0.15) is 0 Å². The second-order valence-electron chi connectivity index (χ2n) is 4.98. The molecule has 0 amide bonds. The zero-order valence-electron chi connectivity index (χ0n) is 12.4. The molecule has 7 heteroatoms. The molecule has 0 unspecified atom stereocenters. The van der Waals surface area contributed by atoms with E-state index in [1.54, 1.807) is 15.7 Å². The van der Waals surface area contributed by atoms with Crippen LogP contribution in [-0.2, 0) is 11.3 Å². The maximum Gasteiger partial charge on any atom is 0.339 e. The van der Waals surface area contributed by atoms with Crippen molar-refractivity contribution in [3.8, 4) is 0 Å².